The smallest absolute Gasteiger partial charge is 0.253 e. The van der Waals surface area contributed by atoms with Crippen molar-refractivity contribution in [2.75, 3.05) is 5.32 Å². The van der Waals surface area contributed by atoms with Crippen LogP contribution in [0.3, 0.4) is 0 Å². The number of rotatable bonds is 6. The minimum absolute atomic E-state index is 0.113. The molecule has 3 rings (SSSR count). The highest BCUT2D eigenvalue weighted by Gasteiger charge is 2.11. The highest BCUT2D eigenvalue weighted by Crippen LogP contribution is 2.16. The van der Waals surface area contributed by atoms with Crippen LogP contribution in [0.25, 0.3) is 0 Å². The number of aromatic nitrogens is 1. The maximum atomic E-state index is 12.5. The fraction of sp³-hybridized carbons (Fsp3) is 0.158. The minimum Gasteiger partial charge on any atom is -0.379 e. The van der Waals surface area contributed by atoms with Gasteiger partial charge in [0.1, 0.15) is 11.5 Å². The number of aryl methyl sites for hydroxylation is 1. The van der Waals surface area contributed by atoms with E-state index in [1.54, 1.807) is 6.07 Å². The van der Waals surface area contributed by atoms with Crippen molar-refractivity contribution in [3.63, 3.8) is 0 Å². The van der Waals surface area contributed by atoms with Crippen molar-refractivity contribution in [3.05, 3.63) is 83.2 Å². The molecule has 5 nitrogen and oxygen atoms in total. The van der Waals surface area contributed by atoms with Crippen molar-refractivity contribution in [2.24, 2.45) is 0 Å². The van der Waals surface area contributed by atoms with Crippen molar-refractivity contribution in [2.45, 2.75) is 20.0 Å². The van der Waals surface area contributed by atoms with E-state index >= 15 is 0 Å². The Labute approximate surface area is 140 Å². The number of benzene rings is 2. The molecule has 0 aliphatic rings. The number of hydrogen-bond acceptors (Lipinski definition) is 4. The molecular weight excluding hydrogens is 302 g/mol. The molecule has 24 heavy (non-hydrogen) atoms. The second-order valence-electron chi connectivity index (χ2n) is 5.50. The van der Waals surface area contributed by atoms with E-state index in [0.717, 1.165) is 22.7 Å². The third-order valence-electron chi connectivity index (χ3n) is 3.60. The van der Waals surface area contributed by atoms with Gasteiger partial charge in [0.15, 0.2) is 0 Å². The van der Waals surface area contributed by atoms with Crippen LogP contribution in [-0.4, -0.2) is 11.1 Å². The van der Waals surface area contributed by atoms with E-state index in [2.05, 4.69) is 15.8 Å². The van der Waals surface area contributed by atoms with Crippen LogP contribution in [0, 0.1) is 6.92 Å². The van der Waals surface area contributed by atoms with Gasteiger partial charge in [-0.25, -0.2) is 0 Å². The molecule has 3 aromatic rings. The summed E-state index contributed by atoms with van der Waals surface area (Å²) < 4.78 is 5.05. The summed E-state index contributed by atoms with van der Waals surface area (Å²) >= 11 is 0. The summed E-state index contributed by atoms with van der Waals surface area (Å²) in [6.07, 6.45) is 0. The zero-order valence-electron chi connectivity index (χ0n) is 13.5. The standard InChI is InChI=1S/C19H19N3O2/c1-14-11-16(22-24-14)13-20-18-10-6-5-9-17(18)19(23)21-12-15-7-3-2-4-8-15/h2-11,20H,12-13H2,1H3,(H,21,23). The van der Waals surface area contributed by atoms with Gasteiger partial charge in [-0.05, 0) is 24.6 Å². The molecule has 0 spiro atoms. The molecule has 0 unspecified atom stereocenters. The fourth-order valence-electron chi connectivity index (χ4n) is 2.40. The summed E-state index contributed by atoms with van der Waals surface area (Å²) in [7, 11) is 0. The van der Waals surface area contributed by atoms with Crippen molar-refractivity contribution in [1.29, 1.82) is 0 Å². The Balaban J connectivity index is 1.65. The first-order valence-corrected chi connectivity index (χ1v) is 7.79. The summed E-state index contributed by atoms with van der Waals surface area (Å²) in [6.45, 7) is 2.85. The second-order valence-corrected chi connectivity index (χ2v) is 5.50. The summed E-state index contributed by atoms with van der Waals surface area (Å²) in [5.74, 6) is 0.652. The van der Waals surface area contributed by atoms with Crippen LogP contribution >= 0.6 is 0 Å². The monoisotopic (exact) mass is 321 g/mol. The van der Waals surface area contributed by atoms with Crippen molar-refractivity contribution < 1.29 is 9.32 Å². The Morgan fingerprint density at radius 3 is 2.54 bits per heavy atom. The number of anilines is 1. The summed E-state index contributed by atoms with van der Waals surface area (Å²) in [6, 6.07) is 19.1. The predicted octanol–water partition coefficient (Wildman–Crippen LogP) is 3.53. The average Bonchev–Trinajstić information content (AvgIpc) is 3.04. The highest BCUT2D eigenvalue weighted by molar-refractivity contribution is 5.99. The number of para-hydroxylation sites is 1. The lowest BCUT2D eigenvalue weighted by Crippen LogP contribution is -2.23. The minimum atomic E-state index is -0.113. The predicted molar refractivity (Wildman–Crippen MR) is 92.6 cm³/mol. The van der Waals surface area contributed by atoms with E-state index in [1.165, 1.54) is 0 Å². The van der Waals surface area contributed by atoms with Gasteiger partial charge in [-0.3, -0.25) is 4.79 Å². The Morgan fingerprint density at radius 2 is 1.79 bits per heavy atom. The van der Waals surface area contributed by atoms with E-state index in [0.29, 0.717) is 18.7 Å². The number of hydrogen-bond donors (Lipinski definition) is 2. The van der Waals surface area contributed by atoms with Crippen molar-refractivity contribution >= 4 is 11.6 Å². The average molecular weight is 321 g/mol. The van der Waals surface area contributed by atoms with E-state index in [-0.39, 0.29) is 5.91 Å². The molecule has 0 saturated heterocycles. The molecule has 2 N–H and O–H groups in total. The largest absolute Gasteiger partial charge is 0.379 e. The van der Waals surface area contributed by atoms with Crippen LogP contribution in [0.1, 0.15) is 27.4 Å². The summed E-state index contributed by atoms with van der Waals surface area (Å²) in [5.41, 5.74) is 3.23. The quantitative estimate of drug-likeness (QED) is 0.729. The second kappa shape index (κ2) is 7.46. The Kier molecular flexibility index (Phi) is 4.91. The lowest BCUT2D eigenvalue weighted by atomic mass is 10.1. The Hall–Kier alpha value is -3.08. The first-order chi connectivity index (χ1) is 11.7. The van der Waals surface area contributed by atoms with Gasteiger partial charge in [0, 0.05) is 18.3 Å². The summed E-state index contributed by atoms with van der Waals surface area (Å²) in [5, 5.41) is 10.1. The van der Waals surface area contributed by atoms with Crippen LogP contribution in [0.15, 0.2) is 65.2 Å². The molecule has 0 bridgehead atoms. The van der Waals surface area contributed by atoms with Crippen LogP contribution in [-0.2, 0) is 13.1 Å². The van der Waals surface area contributed by atoms with E-state index in [1.807, 2.05) is 61.5 Å². The lowest BCUT2D eigenvalue weighted by molar-refractivity contribution is 0.0951. The molecule has 2 aromatic carbocycles. The number of amides is 1. The molecule has 1 amide bonds. The molecule has 0 aliphatic carbocycles. The first kappa shape index (κ1) is 15.8. The highest BCUT2D eigenvalue weighted by atomic mass is 16.5. The third-order valence-corrected chi connectivity index (χ3v) is 3.60. The summed E-state index contributed by atoms with van der Waals surface area (Å²) in [4.78, 5) is 12.5. The van der Waals surface area contributed by atoms with Crippen molar-refractivity contribution in [3.8, 4) is 0 Å². The SMILES string of the molecule is Cc1cc(CNc2ccccc2C(=O)NCc2ccccc2)no1. The number of nitrogens with zero attached hydrogens (tertiary/aromatic N) is 1. The Morgan fingerprint density at radius 1 is 1.04 bits per heavy atom. The molecule has 0 fully saturated rings. The van der Waals surface area contributed by atoms with Crippen LogP contribution in [0.2, 0.25) is 0 Å². The molecule has 0 radical (unpaired) electrons. The third kappa shape index (κ3) is 4.01. The fourth-order valence-corrected chi connectivity index (χ4v) is 2.40. The van der Waals surface area contributed by atoms with Gasteiger partial charge in [0.2, 0.25) is 0 Å². The van der Waals surface area contributed by atoms with Gasteiger partial charge in [0.25, 0.3) is 5.91 Å². The van der Waals surface area contributed by atoms with E-state index in [4.69, 9.17) is 4.52 Å². The molecule has 0 atom stereocenters. The normalized spacial score (nSPS) is 10.4. The van der Waals surface area contributed by atoms with Crippen LogP contribution in [0.5, 0.6) is 0 Å². The first-order valence-electron chi connectivity index (χ1n) is 7.79. The van der Waals surface area contributed by atoms with Gasteiger partial charge in [0.05, 0.1) is 12.1 Å². The molecule has 122 valence electrons. The van der Waals surface area contributed by atoms with Crippen molar-refractivity contribution in [1.82, 2.24) is 10.5 Å². The molecule has 0 aliphatic heterocycles. The molecule has 1 aromatic heterocycles. The number of carbonyl (C=O) groups is 1. The van der Waals surface area contributed by atoms with Gasteiger partial charge >= 0.3 is 0 Å². The van der Waals surface area contributed by atoms with Gasteiger partial charge in [-0.2, -0.15) is 0 Å². The van der Waals surface area contributed by atoms with Gasteiger partial charge in [-0.1, -0.05) is 47.6 Å². The molecular formula is C19H19N3O2. The van der Waals surface area contributed by atoms with E-state index < -0.39 is 0 Å². The van der Waals surface area contributed by atoms with Gasteiger partial charge < -0.3 is 15.2 Å². The lowest BCUT2D eigenvalue weighted by Gasteiger charge is -2.11. The zero-order valence-corrected chi connectivity index (χ0v) is 13.5. The molecule has 0 saturated carbocycles. The molecule has 5 heteroatoms. The maximum Gasteiger partial charge on any atom is 0.253 e. The van der Waals surface area contributed by atoms with Crippen LogP contribution < -0.4 is 10.6 Å². The molecule has 1 heterocycles. The van der Waals surface area contributed by atoms with E-state index in [9.17, 15) is 4.79 Å². The Bertz CT molecular complexity index is 812. The van der Waals surface area contributed by atoms with Crippen LogP contribution in [0.4, 0.5) is 5.69 Å². The topological polar surface area (TPSA) is 67.2 Å². The maximum absolute atomic E-state index is 12.5. The zero-order chi connectivity index (χ0) is 16.8. The van der Waals surface area contributed by atoms with Gasteiger partial charge in [-0.15, -0.1) is 0 Å². The number of carbonyl (C=O) groups excluding carboxylic acids is 1. The number of nitrogens with one attached hydrogen (secondary N) is 2.